The lowest BCUT2D eigenvalue weighted by molar-refractivity contribution is -0.130. The highest BCUT2D eigenvalue weighted by molar-refractivity contribution is 6.33. The zero-order valence-corrected chi connectivity index (χ0v) is 14.3. The number of ether oxygens (including phenoxy) is 1. The Balaban J connectivity index is 1.98. The van der Waals surface area contributed by atoms with Crippen LogP contribution in [-0.2, 0) is 9.53 Å². The van der Waals surface area contributed by atoms with Crippen LogP contribution in [0.25, 0.3) is 0 Å². The summed E-state index contributed by atoms with van der Waals surface area (Å²) in [5.74, 6) is -3.39. The Bertz CT molecular complexity index is 639. The monoisotopic (exact) mass is 359 g/mol. The maximum absolute atomic E-state index is 13.2. The van der Waals surface area contributed by atoms with Crippen LogP contribution in [0.2, 0.25) is 5.02 Å². The molecule has 0 saturated heterocycles. The average molecular weight is 360 g/mol. The van der Waals surface area contributed by atoms with Crippen molar-refractivity contribution in [1.29, 1.82) is 0 Å². The fraction of sp³-hybridized carbons (Fsp3) is 0.529. The summed E-state index contributed by atoms with van der Waals surface area (Å²) in [5, 5.41) is 2.61. The molecule has 0 radical (unpaired) electrons. The van der Waals surface area contributed by atoms with Crippen LogP contribution in [0.15, 0.2) is 12.1 Å². The van der Waals surface area contributed by atoms with Crippen molar-refractivity contribution in [3.8, 4) is 0 Å². The molecule has 1 fully saturated rings. The minimum absolute atomic E-state index is 0.0549. The standard InChI is InChI=1S/C17H20ClF2NO3/c1-9-5-3-4-6-15(9)21-16(22)10(2)24-17(23)11-7-13(19)14(20)8-12(11)18/h7-10,15H,3-6H2,1-2H3,(H,21,22)/t9-,10-,15+/m1/s1. The average Bonchev–Trinajstić information content (AvgIpc) is 2.52. The van der Waals surface area contributed by atoms with Gasteiger partial charge in [0.1, 0.15) is 0 Å². The van der Waals surface area contributed by atoms with E-state index in [0.717, 1.165) is 25.7 Å². The second kappa shape index (κ2) is 7.92. The Morgan fingerprint density at radius 1 is 1.25 bits per heavy atom. The first-order chi connectivity index (χ1) is 11.3. The molecule has 0 bridgehead atoms. The predicted octanol–water partition coefficient (Wildman–Crippen LogP) is 3.86. The first-order valence-corrected chi connectivity index (χ1v) is 8.33. The second-order valence-electron chi connectivity index (χ2n) is 6.17. The van der Waals surface area contributed by atoms with E-state index < -0.39 is 29.6 Å². The first-order valence-electron chi connectivity index (χ1n) is 7.95. The Morgan fingerprint density at radius 3 is 2.54 bits per heavy atom. The largest absolute Gasteiger partial charge is 0.449 e. The van der Waals surface area contributed by atoms with Gasteiger partial charge in [0.2, 0.25) is 0 Å². The molecule has 1 aliphatic carbocycles. The molecule has 132 valence electrons. The third kappa shape index (κ3) is 4.44. The maximum atomic E-state index is 13.2. The number of amides is 1. The number of nitrogens with one attached hydrogen (secondary N) is 1. The van der Waals surface area contributed by atoms with Crippen LogP contribution in [0.5, 0.6) is 0 Å². The van der Waals surface area contributed by atoms with E-state index in [1.54, 1.807) is 0 Å². The van der Waals surface area contributed by atoms with Gasteiger partial charge < -0.3 is 10.1 Å². The van der Waals surface area contributed by atoms with E-state index in [2.05, 4.69) is 12.2 Å². The van der Waals surface area contributed by atoms with Gasteiger partial charge in [-0.2, -0.15) is 0 Å². The highest BCUT2D eigenvalue weighted by Gasteiger charge is 2.27. The molecule has 4 nitrogen and oxygen atoms in total. The van der Waals surface area contributed by atoms with E-state index in [1.807, 2.05) is 0 Å². The SMILES string of the molecule is C[C@@H]1CCCC[C@@H]1NC(=O)[C@@H](C)OC(=O)c1cc(F)c(F)cc1Cl. The van der Waals surface area contributed by atoms with E-state index in [4.69, 9.17) is 16.3 Å². The van der Waals surface area contributed by atoms with E-state index in [1.165, 1.54) is 6.92 Å². The topological polar surface area (TPSA) is 55.4 Å². The van der Waals surface area contributed by atoms with Crippen LogP contribution in [-0.4, -0.2) is 24.0 Å². The van der Waals surface area contributed by atoms with Crippen molar-refractivity contribution < 1.29 is 23.1 Å². The lowest BCUT2D eigenvalue weighted by atomic mass is 9.86. The lowest BCUT2D eigenvalue weighted by Crippen LogP contribution is -2.46. The van der Waals surface area contributed by atoms with Crippen LogP contribution < -0.4 is 5.32 Å². The van der Waals surface area contributed by atoms with Crippen molar-refractivity contribution in [3.05, 3.63) is 34.4 Å². The van der Waals surface area contributed by atoms with Crippen LogP contribution >= 0.6 is 11.6 Å². The zero-order chi connectivity index (χ0) is 17.9. The molecule has 24 heavy (non-hydrogen) atoms. The number of benzene rings is 1. The minimum Gasteiger partial charge on any atom is -0.449 e. The number of hydrogen-bond donors (Lipinski definition) is 1. The Labute approximate surface area is 144 Å². The van der Waals surface area contributed by atoms with E-state index >= 15 is 0 Å². The smallest absolute Gasteiger partial charge is 0.340 e. The van der Waals surface area contributed by atoms with Crippen molar-refractivity contribution in [2.24, 2.45) is 5.92 Å². The summed E-state index contributed by atoms with van der Waals surface area (Å²) < 4.78 is 31.3. The molecule has 1 amide bonds. The van der Waals surface area contributed by atoms with Crippen LogP contribution in [0.3, 0.4) is 0 Å². The van der Waals surface area contributed by atoms with Crippen molar-refractivity contribution >= 4 is 23.5 Å². The Kier molecular flexibility index (Phi) is 6.15. The first kappa shape index (κ1) is 18.6. The number of carbonyl (C=O) groups excluding carboxylic acids is 2. The third-order valence-corrected chi connectivity index (χ3v) is 4.63. The van der Waals surface area contributed by atoms with Gasteiger partial charge in [0, 0.05) is 6.04 Å². The summed E-state index contributed by atoms with van der Waals surface area (Å²) in [6.07, 6.45) is 3.07. The van der Waals surface area contributed by atoms with E-state index in [0.29, 0.717) is 18.1 Å². The number of esters is 1. The van der Waals surface area contributed by atoms with Crippen molar-refractivity contribution in [2.75, 3.05) is 0 Å². The predicted molar refractivity (Wildman–Crippen MR) is 85.8 cm³/mol. The highest BCUT2D eigenvalue weighted by atomic mass is 35.5. The summed E-state index contributed by atoms with van der Waals surface area (Å²) in [4.78, 5) is 24.2. The zero-order valence-electron chi connectivity index (χ0n) is 13.6. The van der Waals surface area contributed by atoms with Gasteiger partial charge in [0.05, 0.1) is 10.6 Å². The number of halogens is 3. The van der Waals surface area contributed by atoms with Gasteiger partial charge >= 0.3 is 5.97 Å². The number of rotatable bonds is 4. The molecule has 1 saturated carbocycles. The highest BCUT2D eigenvalue weighted by Crippen LogP contribution is 2.24. The molecule has 0 spiro atoms. The molecule has 0 unspecified atom stereocenters. The van der Waals surface area contributed by atoms with Gasteiger partial charge in [-0.15, -0.1) is 0 Å². The molecule has 1 aliphatic rings. The molecule has 1 N–H and O–H groups in total. The second-order valence-corrected chi connectivity index (χ2v) is 6.58. The molecular weight excluding hydrogens is 340 g/mol. The van der Waals surface area contributed by atoms with Crippen LogP contribution in [0, 0.1) is 17.6 Å². The van der Waals surface area contributed by atoms with Crippen molar-refractivity contribution in [3.63, 3.8) is 0 Å². The van der Waals surface area contributed by atoms with Gasteiger partial charge in [-0.1, -0.05) is 31.4 Å². The fourth-order valence-electron chi connectivity index (χ4n) is 2.79. The summed E-state index contributed by atoms with van der Waals surface area (Å²) in [6, 6.07) is 1.41. The van der Waals surface area contributed by atoms with Gasteiger partial charge in [0.15, 0.2) is 17.7 Å². The lowest BCUT2D eigenvalue weighted by Gasteiger charge is -2.30. The molecule has 0 heterocycles. The fourth-order valence-corrected chi connectivity index (χ4v) is 3.01. The molecule has 0 aromatic heterocycles. The van der Waals surface area contributed by atoms with Crippen LogP contribution in [0.1, 0.15) is 49.9 Å². The quantitative estimate of drug-likeness (QED) is 0.656. The number of hydrogen-bond acceptors (Lipinski definition) is 3. The van der Waals surface area contributed by atoms with Crippen molar-refractivity contribution in [1.82, 2.24) is 5.32 Å². The van der Waals surface area contributed by atoms with Gasteiger partial charge in [0.25, 0.3) is 5.91 Å². The summed E-state index contributed by atoms with van der Waals surface area (Å²) in [5.41, 5.74) is -0.318. The molecule has 1 aromatic carbocycles. The van der Waals surface area contributed by atoms with Gasteiger partial charge in [-0.25, -0.2) is 13.6 Å². The minimum atomic E-state index is -1.21. The number of carbonyl (C=O) groups is 2. The molecule has 0 aliphatic heterocycles. The van der Waals surface area contributed by atoms with Gasteiger partial charge in [-0.05, 0) is 37.8 Å². The van der Waals surface area contributed by atoms with Crippen molar-refractivity contribution in [2.45, 2.75) is 51.7 Å². The molecule has 2 rings (SSSR count). The third-order valence-electron chi connectivity index (χ3n) is 4.32. The molecular formula is C17H20ClF2NO3. The van der Waals surface area contributed by atoms with Gasteiger partial charge in [-0.3, -0.25) is 4.79 Å². The van der Waals surface area contributed by atoms with Crippen LogP contribution in [0.4, 0.5) is 8.78 Å². The molecule has 7 heteroatoms. The maximum Gasteiger partial charge on any atom is 0.340 e. The normalized spacial score (nSPS) is 21.9. The van der Waals surface area contributed by atoms with E-state index in [-0.39, 0.29) is 16.6 Å². The Morgan fingerprint density at radius 2 is 1.88 bits per heavy atom. The summed E-state index contributed by atoms with van der Waals surface area (Å²) in [7, 11) is 0. The molecule has 3 atom stereocenters. The summed E-state index contributed by atoms with van der Waals surface area (Å²) in [6.45, 7) is 3.50. The molecule has 1 aromatic rings. The Hall–Kier alpha value is -1.69. The summed E-state index contributed by atoms with van der Waals surface area (Å²) >= 11 is 5.73. The van der Waals surface area contributed by atoms with E-state index in [9.17, 15) is 18.4 Å².